The first-order chi connectivity index (χ1) is 14.6. The molecule has 2 saturated carbocycles. The van der Waals surface area contributed by atoms with Crippen molar-refractivity contribution in [3.8, 4) is 0 Å². The Labute approximate surface area is 175 Å². The zero-order chi connectivity index (χ0) is 20.7. The molecular formula is C23H28N4O3. The van der Waals surface area contributed by atoms with Gasteiger partial charge in [0.15, 0.2) is 0 Å². The van der Waals surface area contributed by atoms with Gasteiger partial charge in [0, 0.05) is 31.3 Å². The van der Waals surface area contributed by atoms with Crippen molar-refractivity contribution in [2.75, 3.05) is 7.05 Å². The molecule has 0 radical (unpaired) electrons. The third-order valence-electron chi connectivity index (χ3n) is 6.52. The molecule has 0 saturated heterocycles. The van der Waals surface area contributed by atoms with Gasteiger partial charge in [-0.05, 0) is 49.8 Å². The minimum Gasteiger partial charge on any atom is -0.364 e. The number of benzene rings is 1. The van der Waals surface area contributed by atoms with Gasteiger partial charge in [-0.2, -0.15) is 0 Å². The Morgan fingerprint density at radius 1 is 1.13 bits per heavy atom. The minimum absolute atomic E-state index is 0.0873. The molecule has 0 atom stereocenters. The highest BCUT2D eigenvalue weighted by Crippen LogP contribution is 2.34. The van der Waals surface area contributed by atoms with Crippen LogP contribution in [0, 0.1) is 5.92 Å². The molecule has 30 heavy (non-hydrogen) atoms. The lowest BCUT2D eigenvalue weighted by Gasteiger charge is -2.23. The zero-order valence-electron chi connectivity index (χ0n) is 17.4. The van der Waals surface area contributed by atoms with Crippen LogP contribution in [-0.2, 0) is 13.1 Å². The Bertz CT molecular complexity index is 1100. The highest BCUT2D eigenvalue weighted by Gasteiger charge is 2.28. The lowest BCUT2D eigenvalue weighted by molar-refractivity contribution is 0.0782. The van der Waals surface area contributed by atoms with E-state index in [1.807, 2.05) is 27.3 Å². The number of imidazole rings is 1. The number of amides is 1. The van der Waals surface area contributed by atoms with Crippen LogP contribution >= 0.6 is 0 Å². The zero-order valence-corrected chi connectivity index (χ0v) is 17.4. The highest BCUT2D eigenvalue weighted by molar-refractivity contribution is 5.97. The number of hydrogen-bond acceptors (Lipinski definition) is 4. The molecule has 7 nitrogen and oxygen atoms in total. The summed E-state index contributed by atoms with van der Waals surface area (Å²) in [7, 11) is 1.76. The third-order valence-corrected chi connectivity index (χ3v) is 6.52. The number of hydrogen-bond donors (Lipinski definition) is 0. The summed E-state index contributed by atoms with van der Waals surface area (Å²) in [6.07, 6.45) is 9.59. The lowest BCUT2D eigenvalue weighted by Crippen LogP contribution is -2.29. The smallest absolute Gasteiger partial charge is 0.329 e. The van der Waals surface area contributed by atoms with Gasteiger partial charge in [-0.25, -0.2) is 4.79 Å². The quantitative estimate of drug-likeness (QED) is 0.618. The fourth-order valence-electron chi connectivity index (χ4n) is 4.69. The van der Waals surface area contributed by atoms with Crippen LogP contribution in [0.5, 0.6) is 0 Å². The van der Waals surface area contributed by atoms with Gasteiger partial charge < -0.3 is 9.42 Å². The molecule has 0 spiro atoms. The molecule has 158 valence electrons. The number of rotatable bonds is 6. The Morgan fingerprint density at radius 3 is 2.63 bits per heavy atom. The summed E-state index contributed by atoms with van der Waals surface area (Å²) >= 11 is 0. The largest absolute Gasteiger partial charge is 0.364 e. The summed E-state index contributed by atoms with van der Waals surface area (Å²) < 4.78 is 8.78. The summed E-state index contributed by atoms with van der Waals surface area (Å²) in [5, 5.41) is 3.88. The van der Waals surface area contributed by atoms with Crippen molar-refractivity contribution in [3.05, 3.63) is 52.3 Å². The van der Waals surface area contributed by atoms with Gasteiger partial charge in [0.25, 0.3) is 5.91 Å². The number of carbonyl (C=O) groups is 1. The van der Waals surface area contributed by atoms with Gasteiger partial charge in [-0.15, -0.1) is 0 Å². The molecule has 3 aromatic rings. The summed E-state index contributed by atoms with van der Waals surface area (Å²) in [4.78, 5) is 28.0. The predicted molar refractivity (Wildman–Crippen MR) is 113 cm³/mol. The second-order valence-electron chi connectivity index (χ2n) is 8.85. The lowest BCUT2D eigenvalue weighted by atomic mass is 9.95. The average Bonchev–Trinajstić information content (AvgIpc) is 3.37. The van der Waals surface area contributed by atoms with E-state index in [-0.39, 0.29) is 17.6 Å². The van der Waals surface area contributed by atoms with Crippen LogP contribution in [0.1, 0.15) is 67.0 Å². The molecule has 5 rings (SSSR count). The average molecular weight is 409 g/mol. The SMILES string of the molecule is CN(Cc1ccon1)C(=O)c1ccc2c(c1)n(CC1CC1)c(=O)n2C1CCCCC1. The van der Waals surface area contributed by atoms with Crippen molar-refractivity contribution in [2.45, 2.75) is 64.1 Å². The van der Waals surface area contributed by atoms with Crippen LogP contribution in [0.4, 0.5) is 0 Å². The van der Waals surface area contributed by atoms with E-state index in [0.717, 1.165) is 30.4 Å². The Balaban J connectivity index is 1.52. The monoisotopic (exact) mass is 408 g/mol. The molecule has 1 aromatic carbocycles. The van der Waals surface area contributed by atoms with E-state index in [9.17, 15) is 9.59 Å². The summed E-state index contributed by atoms with van der Waals surface area (Å²) in [5.74, 6) is 0.498. The van der Waals surface area contributed by atoms with Gasteiger partial charge in [0.1, 0.15) is 12.0 Å². The molecule has 2 fully saturated rings. The van der Waals surface area contributed by atoms with Crippen molar-refractivity contribution in [1.29, 1.82) is 0 Å². The summed E-state index contributed by atoms with van der Waals surface area (Å²) in [5.41, 5.74) is 3.24. The Kier molecular flexibility index (Phi) is 4.97. The number of carbonyl (C=O) groups excluding carboxylic acids is 1. The van der Waals surface area contributed by atoms with Gasteiger partial charge in [0.05, 0.1) is 17.6 Å². The first-order valence-electron chi connectivity index (χ1n) is 11.0. The summed E-state index contributed by atoms with van der Waals surface area (Å²) in [6, 6.07) is 7.74. The van der Waals surface area contributed by atoms with Crippen molar-refractivity contribution >= 4 is 16.9 Å². The number of aromatic nitrogens is 3. The standard InChI is InChI=1S/C23H28N4O3/c1-25(15-18-11-12-30-24-18)22(28)17-9-10-20-21(13-17)26(14-16-7-8-16)23(29)27(20)19-5-3-2-4-6-19/h9-13,16,19H,2-8,14-15H2,1H3. The maximum atomic E-state index is 13.4. The van der Waals surface area contributed by atoms with Crippen LogP contribution < -0.4 is 5.69 Å². The molecule has 0 aliphatic heterocycles. The molecule has 0 unspecified atom stereocenters. The molecule has 2 aliphatic rings. The second kappa shape index (κ2) is 7.78. The number of nitrogens with zero attached hydrogens (tertiary/aromatic N) is 4. The third kappa shape index (κ3) is 3.57. The van der Waals surface area contributed by atoms with Crippen molar-refractivity contribution in [2.24, 2.45) is 5.92 Å². The minimum atomic E-state index is -0.0873. The maximum absolute atomic E-state index is 13.4. The molecule has 0 bridgehead atoms. The van der Waals surface area contributed by atoms with E-state index in [1.165, 1.54) is 38.4 Å². The fraction of sp³-hybridized carbons (Fsp3) is 0.522. The predicted octanol–water partition coefficient (Wildman–Crippen LogP) is 3.98. The van der Waals surface area contributed by atoms with E-state index in [4.69, 9.17) is 4.52 Å². The molecule has 2 aliphatic carbocycles. The fourth-order valence-corrected chi connectivity index (χ4v) is 4.69. The van der Waals surface area contributed by atoms with E-state index < -0.39 is 0 Å². The Morgan fingerprint density at radius 2 is 1.93 bits per heavy atom. The molecule has 7 heteroatoms. The van der Waals surface area contributed by atoms with E-state index in [2.05, 4.69) is 5.16 Å². The van der Waals surface area contributed by atoms with Crippen LogP contribution in [-0.4, -0.2) is 32.1 Å². The topological polar surface area (TPSA) is 73.3 Å². The second-order valence-corrected chi connectivity index (χ2v) is 8.85. The first kappa shape index (κ1) is 19.2. The molecule has 2 aromatic heterocycles. The van der Waals surface area contributed by atoms with Crippen molar-refractivity contribution in [3.63, 3.8) is 0 Å². The maximum Gasteiger partial charge on any atom is 0.329 e. The van der Waals surface area contributed by atoms with Crippen LogP contribution in [0.15, 0.2) is 39.8 Å². The highest BCUT2D eigenvalue weighted by atomic mass is 16.5. The molecule has 1 amide bonds. The Hall–Kier alpha value is -2.83. The van der Waals surface area contributed by atoms with Gasteiger partial charge in [0.2, 0.25) is 0 Å². The van der Waals surface area contributed by atoms with Gasteiger partial charge in [-0.3, -0.25) is 13.9 Å². The number of fused-ring (bicyclic) bond motifs is 1. The molecular weight excluding hydrogens is 380 g/mol. The van der Waals surface area contributed by atoms with E-state index in [0.29, 0.717) is 23.7 Å². The van der Waals surface area contributed by atoms with E-state index in [1.54, 1.807) is 18.0 Å². The molecule has 0 N–H and O–H groups in total. The molecule has 2 heterocycles. The summed E-state index contributed by atoms with van der Waals surface area (Å²) in [6.45, 7) is 1.13. The first-order valence-corrected chi connectivity index (χ1v) is 11.0. The normalized spacial score (nSPS) is 17.5. The van der Waals surface area contributed by atoms with Crippen LogP contribution in [0.2, 0.25) is 0 Å². The van der Waals surface area contributed by atoms with Crippen molar-refractivity contribution < 1.29 is 9.32 Å². The van der Waals surface area contributed by atoms with Gasteiger partial charge in [-0.1, -0.05) is 24.4 Å². The van der Waals surface area contributed by atoms with Crippen molar-refractivity contribution in [1.82, 2.24) is 19.2 Å². The van der Waals surface area contributed by atoms with Crippen LogP contribution in [0.25, 0.3) is 11.0 Å². The van der Waals surface area contributed by atoms with E-state index >= 15 is 0 Å². The van der Waals surface area contributed by atoms with Crippen LogP contribution in [0.3, 0.4) is 0 Å². The van der Waals surface area contributed by atoms with Gasteiger partial charge >= 0.3 is 5.69 Å².